The predicted octanol–water partition coefficient (Wildman–Crippen LogP) is 2.08. The van der Waals surface area contributed by atoms with Gasteiger partial charge in [0.05, 0.1) is 6.54 Å². The van der Waals surface area contributed by atoms with Crippen molar-refractivity contribution in [2.24, 2.45) is 10.7 Å². The van der Waals surface area contributed by atoms with E-state index in [-0.39, 0.29) is 12.5 Å². The normalized spacial score (nSPS) is 12.3. The molecule has 1 rings (SSSR count). The lowest BCUT2D eigenvalue weighted by Crippen LogP contribution is -2.32. The van der Waals surface area contributed by atoms with E-state index in [4.69, 9.17) is 5.73 Å². The lowest BCUT2D eigenvalue weighted by molar-refractivity contribution is -0.141. The van der Waals surface area contributed by atoms with Crippen molar-refractivity contribution in [2.75, 3.05) is 6.54 Å². The molecular weight excluding hydrogens is 257 g/mol. The Balaban J connectivity index is 2.67. The van der Waals surface area contributed by atoms with Crippen LogP contribution in [0.5, 0.6) is 0 Å². The summed E-state index contributed by atoms with van der Waals surface area (Å²) in [6.45, 7) is 6.02. The fraction of sp³-hybridized carbons (Fsp3) is 0.333. The van der Waals surface area contributed by atoms with E-state index in [0.29, 0.717) is 12.1 Å². The third kappa shape index (κ3) is 5.41. The second-order valence-electron chi connectivity index (χ2n) is 4.06. The van der Waals surface area contributed by atoms with Gasteiger partial charge >= 0.3 is 6.18 Å². The van der Waals surface area contributed by atoms with Crippen molar-refractivity contribution in [3.8, 4) is 0 Å². The Kier molecular flexibility index (Phi) is 4.91. The number of aliphatic imine (C=N–C) groups is 1. The second-order valence-corrected chi connectivity index (χ2v) is 4.06. The molecule has 0 unspecified atom stereocenters. The van der Waals surface area contributed by atoms with Gasteiger partial charge in [0.25, 0.3) is 0 Å². The average Bonchev–Trinajstić information content (AvgIpc) is 2.33. The molecule has 1 heterocycles. The Hall–Kier alpha value is -2.05. The number of nitrogens with one attached hydrogen (secondary N) is 1. The predicted molar refractivity (Wildman–Crippen MR) is 67.4 cm³/mol. The van der Waals surface area contributed by atoms with Crippen LogP contribution in [0.2, 0.25) is 0 Å². The van der Waals surface area contributed by atoms with Gasteiger partial charge in [0.15, 0.2) is 5.96 Å². The highest BCUT2D eigenvalue weighted by Gasteiger charge is 2.32. The quantitative estimate of drug-likeness (QED) is 0.501. The Labute approximate surface area is 109 Å². The number of pyridine rings is 1. The molecule has 19 heavy (non-hydrogen) atoms. The van der Waals surface area contributed by atoms with E-state index in [2.05, 4.69) is 21.9 Å². The lowest BCUT2D eigenvalue weighted by atomic mass is 10.2. The fourth-order valence-corrected chi connectivity index (χ4v) is 1.20. The van der Waals surface area contributed by atoms with Crippen LogP contribution in [0, 0.1) is 0 Å². The molecule has 0 aliphatic carbocycles. The standard InChI is InChI=1S/C12H15F3N4/c1-8(2)6-18-11(16)19-7-9-3-4-17-10(5-9)12(13,14)15/h3-5H,1,6-7H2,2H3,(H3,16,18,19). The Morgan fingerprint density at radius 1 is 1.53 bits per heavy atom. The third-order valence-corrected chi connectivity index (χ3v) is 2.12. The number of hydrogen-bond acceptors (Lipinski definition) is 2. The summed E-state index contributed by atoms with van der Waals surface area (Å²) >= 11 is 0. The maximum absolute atomic E-state index is 12.4. The van der Waals surface area contributed by atoms with Gasteiger partial charge in [0, 0.05) is 12.7 Å². The molecule has 0 aliphatic heterocycles. The molecule has 4 nitrogen and oxygen atoms in total. The van der Waals surface area contributed by atoms with Crippen LogP contribution in [0.15, 0.2) is 35.5 Å². The van der Waals surface area contributed by atoms with Crippen molar-refractivity contribution in [2.45, 2.75) is 19.6 Å². The second kappa shape index (κ2) is 6.21. The molecule has 0 bridgehead atoms. The van der Waals surface area contributed by atoms with E-state index in [1.54, 1.807) is 0 Å². The SMILES string of the molecule is C=C(C)CNC(N)=NCc1ccnc(C(F)(F)F)c1. The number of guanidine groups is 1. The molecule has 3 N–H and O–H groups in total. The molecular formula is C12H15F3N4. The minimum absolute atomic E-state index is 0.0562. The molecule has 0 saturated carbocycles. The molecule has 0 radical (unpaired) electrons. The van der Waals surface area contributed by atoms with E-state index in [9.17, 15) is 13.2 Å². The molecule has 0 aliphatic rings. The van der Waals surface area contributed by atoms with E-state index in [1.165, 1.54) is 6.07 Å². The van der Waals surface area contributed by atoms with Gasteiger partial charge in [0.1, 0.15) is 5.69 Å². The molecule has 0 saturated heterocycles. The number of alkyl halides is 3. The minimum Gasteiger partial charge on any atom is -0.370 e. The maximum atomic E-state index is 12.4. The maximum Gasteiger partial charge on any atom is 0.433 e. The monoisotopic (exact) mass is 272 g/mol. The van der Waals surface area contributed by atoms with Crippen molar-refractivity contribution in [1.82, 2.24) is 10.3 Å². The fourth-order valence-electron chi connectivity index (χ4n) is 1.20. The summed E-state index contributed by atoms with van der Waals surface area (Å²) in [6.07, 6.45) is -3.35. The smallest absolute Gasteiger partial charge is 0.370 e. The van der Waals surface area contributed by atoms with Gasteiger partial charge in [-0.1, -0.05) is 12.2 Å². The highest BCUT2D eigenvalue weighted by atomic mass is 19.4. The van der Waals surface area contributed by atoms with Crippen molar-refractivity contribution >= 4 is 5.96 Å². The molecule has 7 heteroatoms. The number of aromatic nitrogens is 1. The van der Waals surface area contributed by atoms with E-state index < -0.39 is 11.9 Å². The first-order valence-electron chi connectivity index (χ1n) is 5.49. The van der Waals surface area contributed by atoms with Gasteiger partial charge < -0.3 is 11.1 Å². The van der Waals surface area contributed by atoms with Gasteiger partial charge in [-0.2, -0.15) is 13.2 Å². The zero-order chi connectivity index (χ0) is 14.5. The summed E-state index contributed by atoms with van der Waals surface area (Å²) in [5, 5.41) is 2.79. The van der Waals surface area contributed by atoms with Crippen LogP contribution in [0.1, 0.15) is 18.2 Å². The van der Waals surface area contributed by atoms with Crippen molar-refractivity contribution < 1.29 is 13.2 Å². The highest BCUT2D eigenvalue weighted by Crippen LogP contribution is 2.27. The number of nitrogens with two attached hydrogens (primary N) is 1. The average molecular weight is 272 g/mol. The number of nitrogens with zero attached hydrogens (tertiary/aromatic N) is 2. The number of rotatable bonds is 4. The largest absolute Gasteiger partial charge is 0.433 e. The summed E-state index contributed by atoms with van der Waals surface area (Å²) < 4.78 is 37.3. The van der Waals surface area contributed by atoms with Gasteiger partial charge in [-0.3, -0.25) is 4.98 Å². The summed E-state index contributed by atoms with van der Waals surface area (Å²) in [6, 6.07) is 2.42. The Bertz CT molecular complexity index is 480. The van der Waals surface area contributed by atoms with Crippen LogP contribution < -0.4 is 11.1 Å². The first kappa shape index (κ1) is 15.0. The van der Waals surface area contributed by atoms with E-state index in [0.717, 1.165) is 17.8 Å². The Morgan fingerprint density at radius 2 is 2.21 bits per heavy atom. The minimum atomic E-state index is -4.45. The summed E-state index contributed by atoms with van der Waals surface area (Å²) in [7, 11) is 0. The summed E-state index contributed by atoms with van der Waals surface area (Å²) in [4.78, 5) is 7.20. The van der Waals surface area contributed by atoms with Crippen LogP contribution in [-0.4, -0.2) is 17.5 Å². The highest BCUT2D eigenvalue weighted by molar-refractivity contribution is 5.78. The van der Waals surface area contributed by atoms with Crippen LogP contribution in [-0.2, 0) is 12.7 Å². The van der Waals surface area contributed by atoms with Crippen LogP contribution in [0.4, 0.5) is 13.2 Å². The number of halogens is 3. The topological polar surface area (TPSA) is 63.3 Å². The molecule has 1 aromatic heterocycles. The van der Waals surface area contributed by atoms with E-state index >= 15 is 0 Å². The van der Waals surface area contributed by atoms with Gasteiger partial charge in [-0.05, 0) is 24.6 Å². The van der Waals surface area contributed by atoms with Crippen LogP contribution in [0.25, 0.3) is 0 Å². The molecule has 104 valence electrons. The van der Waals surface area contributed by atoms with Crippen LogP contribution >= 0.6 is 0 Å². The van der Waals surface area contributed by atoms with Gasteiger partial charge in [0.2, 0.25) is 0 Å². The molecule has 0 fully saturated rings. The molecule has 0 spiro atoms. The lowest BCUT2D eigenvalue weighted by Gasteiger charge is -2.07. The van der Waals surface area contributed by atoms with E-state index in [1.807, 2.05) is 6.92 Å². The molecule has 0 atom stereocenters. The zero-order valence-electron chi connectivity index (χ0n) is 10.5. The molecule has 1 aromatic rings. The first-order valence-corrected chi connectivity index (χ1v) is 5.49. The third-order valence-electron chi connectivity index (χ3n) is 2.12. The summed E-state index contributed by atoms with van der Waals surface area (Å²) in [5.74, 6) is 0.161. The molecule has 0 amide bonds. The number of hydrogen-bond donors (Lipinski definition) is 2. The first-order chi connectivity index (χ1) is 8.79. The van der Waals surface area contributed by atoms with Gasteiger partial charge in [-0.25, -0.2) is 4.99 Å². The van der Waals surface area contributed by atoms with Gasteiger partial charge in [-0.15, -0.1) is 0 Å². The zero-order valence-corrected chi connectivity index (χ0v) is 10.5. The van der Waals surface area contributed by atoms with Crippen molar-refractivity contribution in [1.29, 1.82) is 0 Å². The van der Waals surface area contributed by atoms with Crippen molar-refractivity contribution in [3.63, 3.8) is 0 Å². The molecule has 0 aromatic carbocycles. The Morgan fingerprint density at radius 3 is 2.79 bits per heavy atom. The summed E-state index contributed by atoms with van der Waals surface area (Å²) in [5.41, 5.74) is 5.88. The van der Waals surface area contributed by atoms with Crippen LogP contribution in [0.3, 0.4) is 0 Å². The van der Waals surface area contributed by atoms with Crippen molar-refractivity contribution in [3.05, 3.63) is 41.7 Å².